The van der Waals surface area contributed by atoms with Crippen LogP contribution in [0.15, 0.2) is 53.9 Å². The lowest BCUT2D eigenvalue weighted by Gasteiger charge is -2.06. The van der Waals surface area contributed by atoms with Crippen molar-refractivity contribution >= 4 is 22.4 Å². The maximum Gasteiger partial charge on any atom is 0.257 e. The molecule has 0 aliphatic rings. The van der Waals surface area contributed by atoms with E-state index in [1.54, 1.807) is 12.1 Å². The SMILES string of the molecule is CCCOc1cccc(C(=O)Nc2nc(-c3ccc(CC)cc3)cs2)c1. The minimum atomic E-state index is -0.186. The Bertz CT molecular complexity index is 872. The van der Waals surface area contributed by atoms with E-state index < -0.39 is 0 Å². The second-order valence-corrected chi connectivity index (χ2v) is 6.78. The summed E-state index contributed by atoms with van der Waals surface area (Å²) in [6, 6.07) is 15.5. The molecule has 0 unspecified atom stereocenters. The summed E-state index contributed by atoms with van der Waals surface area (Å²) < 4.78 is 5.58. The lowest BCUT2D eigenvalue weighted by atomic mass is 10.1. The summed E-state index contributed by atoms with van der Waals surface area (Å²) in [5.41, 5.74) is 3.77. The van der Waals surface area contributed by atoms with Gasteiger partial charge in [0, 0.05) is 16.5 Å². The highest BCUT2D eigenvalue weighted by molar-refractivity contribution is 7.14. The number of thiazole rings is 1. The molecule has 2 aromatic carbocycles. The van der Waals surface area contributed by atoms with Gasteiger partial charge in [0.15, 0.2) is 5.13 Å². The van der Waals surface area contributed by atoms with Crippen molar-refractivity contribution in [2.75, 3.05) is 11.9 Å². The third-order valence-corrected chi connectivity index (χ3v) is 4.71. The molecule has 1 aromatic heterocycles. The third-order valence-electron chi connectivity index (χ3n) is 3.95. The number of nitrogens with one attached hydrogen (secondary N) is 1. The lowest BCUT2D eigenvalue weighted by Crippen LogP contribution is -2.11. The van der Waals surface area contributed by atoms with E-state index in [4.69, 9.17) is 4.74 Å². The summed E-state index contributed by atoms with van der Waals surface area (Å²) in [5.74, 6) is 0.518. The standard InChI is InChI=1S/C21H22N2O2S/c1-3-12-25-18-7-5-6-17(13-18)20(24)23-21-22-19(14-26-21)16-10-8-15(4-2)9-11-16/h5-11,13-14H,3-4,12H2,1-2H3,(H,22,23,24). The number of carbonyl (C=O) groups is 1. The average Bonchev–Trinajstić information content (AvgIpc) is 3.15. The third kappa shape index (κ3) is 4.49. The van der Waals surface area contributed by atoms with E-state index >= 15 is 0 Å². The number of carbonyl (C=O) groups excluding carboxylic acids is 1. The number of hydrogen-bond acceptors (Lipinski definition) is 4. The Hall–Kier alpha value is -2.66. The Morgan fingerprint density at radius 1 is 1.15 bits per heavy atom. The van der Waals surface area contributed by atoms with Crippen LogP contribution in [-0.2, 0) is 6.42 Å². The molecule has 3 rings (SSSR count). The number of rotatable bonds is 7. The number of aryl methyl sites for hydroxylation is 1. The number of benzene rings is 2. The topological polar surface area (TPSA) is 51.2 Å². The largest absolute Gasteiger partial charge is 0.494 e. The maximum absolute atomic E-state index is 12.5. The molecule has 0 spiro atoms. The molecule has 5 heteroatoms. The van der Waals surface area contributed by atoms with Crippen molar-refractivity contribution < 1.29 is 9.53 Å². The van der Waals surface area contributed by atoms with E-state index in [1.807, 2.05) is 24.4 Å². The van der Waals surface area contributed by atoms with Crippen molar-refractivity contribution in [3.8, 4) is 17.0 Å². The Morgan fingerprint density at radius 2 is 1.96 bits per heavy atom. The van der Waals surface area contributed by atoms with Gasteiger partial charge in [0.25, 0.3) is 5.91 Å². The van der Waals surface area contributed by atoms with Crippen molar-refractivity contribution in [2.45, 2.75) is 26.7 Å². The van der Waals surface area contributed by atoms with E-state index in [-0.39, 0.29) is 5.91 Å². The fourth-order valence-corrected chi connectivity index (χ4v) is 3.21. The minimum absolute atomic E-state index is 0.186. The molecule has 0 saturated carbocycles. The van der Waals surface area contributed by atoms with Crippen molar-refractivity contribution in [3.05, 3.63) is 65.0 Å². The van der Waals surface area contributed by atoms with Crippen molar-refractivity contribution in [1.29, 1.82) is 0 Å². The highest BCUT2D eigenvalue weighted by Crippen LogP contribution is 2.26. The number of amides is 1. The first-order chi connectivity index (χ1) is 12.7. The zero-order valence-corrected chi connectivity index (χ0v) is 15.8. The van der Waals surface area contributed by atoms with Gasteiger partial charge in [0.05, 0.1) is 12.3 Å². The van der Waals surface area contributed by atoms with Crippen LogP contribution < -0.4 is 10.1 Å². The fraction of sp³-hybridized carbons (Fsp3) is 0.238. The Labute approximate surface area is 157 Å². The van der Waals surface area contributed by atoms with Crippen LogP contribution in [0.2, 0.25) is 0 Å². The molecule has 0 bridgehead atoms. The second kappa shape index (κ2) is 8.63. The van der Waals surface area contributed by atoms with Gasteiger partial charge in [-0.2, -0.15) is 0 Å². The molecule has 0 aliphatic heterocycles. The zero-order chi connectivity index (χ0) is 18.4. The van der Waals surface area contributed by atoms with Crippen LogP contribution in [0.4, 0.5) is 5.13 Å². The monoisotopic (exact) mass is 366 g/mol. The summed E-state index contributed by atoms with van der Waals surface area (Å²) in [6.45, 7) is 4.82. The molecule has 1 amide bonds. The molecule has 0 aliphatic carbocycles. The summed E-state index contributed by atoms with van der Waals surface area (Å²) in [6.07, 6.45) is 1.94. The average molecular weight is 366 g/mol. The van der Waals surface area contributed by atoms with Crippen LogP contribution in [0.1, 0.15) is 36.2 Å². The smallest absolute Gasteiger partial charge is 0.257 e. The molecule has 1 N–H and O–H groups in total. The second-order valence-electron chi connectivity index (χ2n) is 5.92. The summed E-state index contributed by atoms with van der Waals surface area (Å²) in [4.78, 5) is 17.0. The molecule has 0 radical (unpaired) electrons. The van der Waals surface area contributed by atoms with Gasteiger partial charge in [-0.05, 0) is 36.6 Å². The normalized spacial score (nSPS) is 10.5. The van der Waals surface area contributed by atoms with Gasteiger partial charge in [0.2, 0.25) is 0 Å². The highest BCUT2D eigenvalue weighted by Gasteiger charge is 2.11. The number of anilines is 1. The Kier molecular flexibility index (Phi) is 6.02. The van der Waals surface area contributed by atoms with Gasteiger partial charge in [-0.3, -0.25) is 10.1 Å². The first-order valence-corrected chi connectivity index (χ1v) is 9.66. The summed E-state index contributed by atoms with van der Waals surface area (Å²) in [5, 5.41) is 5.41. The quantitative estimate of drug-likeness (QED) is 0.608. The van der Waals surface area contributed by atoms with Crippen molar-refractivity contribution in [1.82, 2.24) is 4.98 Å². The van der Waals surface area contributed by atoms with E-state index in [2.05, 4.69) is 41.5 Å². The number of hydrogen-bond donors (Lipinski definition) is 1. The molecule has 0 fully saturated rings. The number of ether oxygens (including phenoxy) is 1. The van der Waals surface area contributed by atoms with Crippen LogP contribution in [0.25, 0.3) is 11.3 Å². The van der Waals surface area contributed by atoms with Crippen molar-refractivity contribution in [2.24, 2.45) is 0 Å². The fourth-order valence-electron chi connectivity index (χ4n) is 2.49. The maximum atomic E-state index is 12.5. The first-order valence-electron chi connectivity index (χ1n) is 8.78. The number of nitrogens with zero attached hydrogens (tertiary/aromatic N) is 1. The molecule has 4 nitrogen and oxygen atoms in total. The van der Waals surface area contributed by atoms with Crippen LogP contribution in [-0.4, -0.2) is 17.5 Å². The van der Waals surface area contributed by atoms with Crippen LogP contribution >= 0.6 is 11.3 Å². The van der Waals surface area contributed by atoms with Gasteiger partial charge in [-0.25, -0.2) is 4.98 Å². The van der Waals surface area contributed by atoms with E-state index in [9.17, 15) is 4.79 Å². The van der Waals surface area contributed by atoms with Crippen LogP contribution in [0, 0.1) is 0 Å². The zero-order valence-electron chi connectivity index (χ0n) is 15.0. The van der Waals surface area contributed by atoms with Crippen molar-refractivity contribution in [3.63, 3.8) is 0 Å². The molecule has 1 heterocycles. The Balaban J connectivity index is 1.69. The lowest BCUT2D eigenvalue weighted by molar-refractivity contribution is 0.102. The van der Waals surface area contributed by atoms with Crippen LogP contribution in [0.5, 0.6) is 5.75 Å². The van der Waals surface area contributed by atoms with Gasteiger partial charge in [0.1, 0.15) is 5.75 Å². The molecular formula is C21H22N2O2S. The molecule has 0 saturated heterocycles. The van der Waals surface area contributed by atoms with Gasteiger partial charge in [-0.15, -0.1) is 11.3 Å². The molecule has 0 atom stereocenters. The van der Waals surface area contributed by atoms with Gasteiger partial charge >= 0.3 is 0 Å². The van der Waals surface area contributed by atoms with Gasteiger partial charge < -0.3 is 4.74 Å². The molecule has 134 valence electrons. The first kappa shape index (κ1) is 18.1. The van der Waals surface area contributed by atoms with E-state index in [0.717, 1.165) is 24.1 Å². The molecule has 26 heavy (non-hydrogen) atoms. The molecule has 3 aromatic rings. The van der Waals surface area contributed by atoms with E-state index in [0.29, 0.717) is 23.1 Å². The number of aromatic nitrogens is 1. The Morgan fingerprint density at radius 3 is 2.69 bits per heavy atom. The van der Waals surface area contributed by atoms with Crippen LogP contribution in [0.3, 0.4) is 0 Å². The van der Waals surface area contributed by atoms with Gasteiger partial charge in [-0.1, -0.05) is 44.2 Å². The summed E-state index contributed by atoms with van der Waals surface area (Å²) in [7, 11) is 0. The highest BCUT2D eigenvalue weighted by atomic mass is 32.1. The summed E-state index contributed by atoms with van der Waals surface area (Å²) >= 11 is 1.42. The predicted octanol–water partition coefficient (Wildman–Crippen LogP) is 5.41. The minimum Gasteiger partial charge on any atom is -0.494 e. The molecular weight excluding hydrogens is 344 g/mol. The van der Waals surface area contributed by atoms with E-state index in [1.165, 1.54) is 16.9 Å². The predicted molar refractivity (Wildman–Crippen MR) is 107 cm³/mol.